The fourth-order valence-corrected chi connectivity index (χ4v) is 3.30. The molecule has 2 unspecified atom stereocenters. The van der Waals surface area contributed by atoms with Crippen LogP contribution in [0.4, 0.5) is 26.0 Å². The van der Waals surface area contributed by atoms with E-state index in [4.69, 9.17) is 11.6 Å². The first kappa shape index (κ1) is 19.9. The SMILES string of the molecule is O=[N+]([O-])c1cc2c(Nc3cccc(Cl)c3F)ncnc2cc1C#CC1CNCC1F. The minimum Gasteiger partial charge on any atom is -0.337 e. The monoisotopic (exact) mass is 429 g/mol. The van der Waals surface area contributed by atoms with Gasteiger partial charge in [-0.15, -0.1) is 0 Å². The molecule has 0 spiro atoms. The second kappa shape index (κ2) is 8.18. The van der Waals surface area contributed by atoms with Crippen molar-refractivity contribution in [3.8, 4) is 11.8 Å². The number of nitrogens with zero attached hydrogens (tertiary/aromatic N) is 3. The van der Waals surface area contributed by atoms with Gasteiger partial charge in [0.2, 0.25) is 0 Å². The zero-order valence-corrected chi connectivity index (χ0v) is 16.1. The Bertz CT molecular complexity index is 1210. The fraction of sp³-hybridized carbons (Fsp3) is 0.200. The van der Waals surface area contributed by atoms with E-state index in [1.54, 1.807) is 6.07 Å². The van der Waals surface area contributed by atoms with Crippen molar-refractivity contribution >= 4 is 39.7 Å². The van der Waals surface area contributed by atoms with Crippen LogP contribution in [0, 0.1) is 33.7 Å². The number of alkyl halides is 1. The predicted molar refractivity (Wildman–Crippen MR) is 109 cm³/mol. The number of halogens is 3. The Labute approximate surface area is 174 Å². The van der Waals surface area contributed by atoms with Crippen molar-refractivity contribution < 1.29 is 13.7 Å². The highest BCUT2D eigenvalue weighted by Gasteiger charge is 2.25. The zero-order valence-electron chi connectivity index (χ0n) is 15.3. The Morgan fingerprint density at radius 1 is 1.30 bits per heavy atom. The molecule has 1 saturated heterocycles. The molecule has 10 heteroatoms. The molecular formula is C20H14ClF2N5O2. The van der Waals surface area contributed by atoms with Crippen LogP contribution in [0.3, 0.4) is 0 Å². The summed E-state index contributed by atoms with van der Waals surface area (Å²) in [7, 11) is 0. The van der Waals surface area contributed by atoms with Gasteiger partial charge in [0.15, 0.2) is 5.82 Å². The molecule has 1 aliphatic rings. The number of fused-ring (bicyclic) bond motifs is 1. The number of nitro benzene ring substituents is 1. The topological polar surface area (TPSA) is 93.0 Å². The molecule has 30 heavy (non-hydrogen) atoms. The van der Waals surface area contributed by atoms with Crippen LogP contribution in [-0.2, 0) is 0 Å². The molecule has 0 bridgehead atoms. The molecule has 2 heterocycles. The van der Waals surface area contributed by atoms with E-state index in [-0.39, 0.29) is 34.3 Å². The van der Waals surface area contributed by atoms with Crippen molar-refractivity contribution in [2.45, 2.75) is 6.17 Å². The van der Waals surface area contributed by atoms with Gasteiger partial charge in [0.05, 0.1) is 27.1 Å². The lowest BCUT2D eigenvalue weighted by atomic mass is 10.1. The maximum atomic E-state index is 14.2. The Hall–Kier alpha value is -3.35. The quantitative estimate of drug-likeness (QED) is 0.371. The zero-order chi connectivity index (χ0) is 21.3. The van der Waals surface area contributed by atoms with Crippen LogP contribution in [0.2, 0.25) is 5.02 Å². The first-order valence-corrected chi connectivity index (χ1v) is 9.32. The summed E-state index contributed by atoms with van der Waals surface area (Å²) in [5, 5.41) is 17.5. The van der Waals surface area contributed by atoms with Gasteiger partial charge in [-0.05, 0) is 18.2 Å². The molecule has 2 aromatic carbocycles. The minimum absolute atomic E-state index is 0.0664. The molecule has 0 amide bonds. The first-order chi connectivity index (χ1) is 14.4. The van der Waals surface area contributed by atoms with Crippen molar-refractivity contribution in [2.75, 3.05) is 18.4 Å². The van der Waals surface area contributed by atoms with Crippen molar-refractivity contribution in [3.63, 3.8) is 0 Å². The van der Waals surface area contributed by atoms with Crippen LogP contribution in [-0.4, -0.2) is 34.2 Å². The third-order valence-corrected chi connectivity index (χ3v) is 4.98. The second-order valence-electron chi connectivity index (χ2n) is 6.64. The van der Waals surface area contributed by atoms with E-state index in [9.17, 15) is 18.9 Å². The maximum Gasteiger partial charge on any atom is 0.285 e. The van der Waals surface area contributed by atoms with Crippen LogP contribution >= 0.6 is 11.6 Å². The molecule has 1 aromatic heterocycles. The van der Waals surface area contributed by atoms with Crippen molar-refractivity contribution in [1.82, 2.24) is 15.3 Å². The number of nitrogens with one attached hydrogen (secondary N) is 2. The van der Waals surface area contributed by atoms with Gasteiger partial charge in [-0.2, -0.15) is 0 Å². The summed E-state index contributed by atoms with van der Waals surface area (Å²) < 4.78 is 28.0. The van der Waals surface area contributed by atoms with Crippen molar-refractivity contribution in [1.29, 1.82) is 0 Å². The fourth-order valence-electron chi connectivity index (χ4n) is 3.13. The van der Waals surface area contributed by atoms with Gasteiger partial charge in [0.25, 0.3) is 5.69 Å². The van der Waals surface area contributed by atoms with Gasteiger partial charge in [0, 0.05) is 24.5 Å². The van der Waals surface area contributed by atoms with Gasteiger partial charge >= 0.3 is 0 Å². The molecule has 2 atom stereocenters. The van der Waals surface area contributed by atoms with Gasteiger partial charge in [0.1, 0.15) is 23.9 Å². The Kier molecular flexibility index (Phi) is 5.44. The molecule has 0 aliphatic carbocycles. The standard InChI is InChI=1S/C20H14ClF2N5O2/c21-14-2-1-3-16(19(14)23)27-20-13-7-18(28(29)30)11(6-17(13)25-10-26-20)4-5-12-8-24-9-15(12)22/h1-3,6-7,10,12,15,24H,8-9H2,(H,25,26,27). The number of hydrogen-bond donors (Lipinski definition) is 2. The largest absolute Gasteiger partial charge is 0.337 e. The molecule has 2 N–H and O–H groups in total. The van der Waals surface area contributed by atoms with E-state index in [0.717, 1.165) is 0 Å². The highest BCUT2D eigenvalue weighted by molar-refractivity contribution is 6.31. The Morgan fingerprint density at radius 2 is 2.13 bits per heavy atom. The molecule has 7 nitrogen and oxygen atoms in total. The van der Waals surface area contributed by atoms with E-state index in [1.807, 2.05) is 0 Å². The van der Waals surface area contributed by atoms with Crippen molar-refractivity contribution in [2.24, 2.45) is 5.92 Å². The molecule has 0 radical (unpaired) electrons. The Balaban J connectivity index is 1.78. The van der Waals surface area contributed by atoms with Gasteiger partial charge in [-0.3, -0.25) is 10.1 Å². The van der Waals surface area contributed by atoms with Crippen LogP contribution < -0.4 is 10.6 Å². The predicted octanol–water partition coefficient (Wildman–Crippen LogP) is 3.98. The maximum absolute atomic E-state index is 14.2. The molecule has 1 fully saturated rings. The summed E-state index contributed by atoms with van der Waals surface area (Å²) in [6, 6.07) is 7.13. The molecule has 1 aliphatic heterocycles. The lowest BCUT2D eigenvalue weighted by Gasteiger charge is -2.10. The summed E-state index contributed by atoms with van der Waals surface area (Å²) in [6.07, 6.45) is 0.122. The average Bonchev–Trinajstić information content (AvgIpc) is 3.14. The van der Waals surface area contributed by atoms with Crippen LogP contribution in [0.15, 0.2) is 36.7 Å². The molecule has 0 saturated carbocycles. The highest BCUT2D eigenvalue weighted by Crippen LogP contribution is 2.31. The first-order valence-electron chi connectivity index (χ1n) is 8.94. The smallest absolute Gasteiger partial charge is 0.285 e. The third kappa shape index (κ3) is 3.87. The Morgan fingerprint density at radius 3 is 2.87 bits per heavy atom. The van der Waals surface area contributed by atoms with Gasteiger partial charge < -0.3 is 10.6 Å². The number of rotatable bonds is 3. The van der Waals surface area contributed by atoms with Gasteiger partial charge in [-0.1, -0.05) is 29.5 Å². The van der Waals surface area contributed by atoms with E-state index < -0.39 is 22.8 Å². The summed E-state index contributed by atoms with van der Waals surface area (Å²) in [5.74, 6) is 4.44. The average molecular weight is 430 g/mol. The van der Waals surface area contributed by atoms with E-state index in [2.05, 4.69) is 32.4 Å². The van der Waals surface area contributed by atoms with Crippen LogP contribution in [0.5, 0.6) is 0 Å². The summed E-state index contributed by atoms with van der Waals surface area (Å²) in [4.78, 5) is 19.2. The minimum atomic E-state index is -1.12. The normalized spacial score (nSPS) is 18.1. The van der Waals surface area contributed by atoms with E-state index >= 15 is 0 Å². The highest BCUT2D eigenvalue weighted by atomic mass is 35.5. The number of benzene rings is 2. The lowest BCUT2D eigenvalue weighted by molar-refractivity contribution is -0.385. The van der Waals surface area contributed by atoms with Crippen LogP contribution in [0.1, 0.15) is 5.56 Å². The molecule has 3 aromatic rings. The summed E-state index contributed by atoms with van der Waals surface area (Å²) in [5.41, 5.74) is 0.272. The molecule has 4 rings (SSSR count). The molecule has 152 valence electrons. The lowest BCUT2D eigenvalue weighted by Crippen LogP contribution is -2.10. The van der Waals surface area contributed by atoms with Crippen molar-refractivity contribution in [3.05, 3.63) is 63.2 Å². The number of nitro groups is 1. The third-order valence-electron chi connectivity index (χ3n) is 4.69. The number of hydrogen-bond acceptors (Lipinski definition) is 6. The second-order valence-corrected chi connectivity index (χ2v) is 7.05. The van der Waals surface area contributed by atoms with Gasteiger partial charge in [-0.25, -0.2) is 18.7 Å². The van der Waals surface area contributed by atoms with E-state index in [1.165, 1.54) is 30.6 Å². The molecular weight excluding hydrogens is 416 g/mol. The number of aromatic nitrogens is 2. The number of anilines is 2. The van der Waals surface area contributed by atoms with Crippen LogP contribution in [0.25, 0.3) is 10.9 Å². The summed E-state index contributed by atoms with van der Waals surface area (Å²) in [6.45, 7) is 0.596. The van der Waals surface area contributed by atoms with E-state index in [0.29, 0.717) is 17.4 Å². The summed E-state index contributed by atoms with van der Waals surface area (Å²) >= 11 is 5.80.